The molecule has 0 aliphatic carbocycles. The van der Waals surface area contributed by atoms with E-state index >= 15 is 0 Å². The fourth-order valence-corrected chi connectivity index (χ4v) is 1.64. The van der Waals surface area contributed by atoms with E-state index < -0.39 is 12.0 Å². The molecule has 0 aromatic carbocycles. The van der Waals surface area contributed by atoms with Crippen LogP contribution in [0.5, 0.6) is 0 Å². The molecule has 1 N–H and O–H groups in total. The molecule has 0 fully saturated rings. The van der Waals surface area contributed by atoms with Crippen molar-refractivity contribution in [3.63, 3.8) is 0 Å². The number of carbonyl (C=O) groups is 1. The molecule has 0 aromatic rings. The van der Waals surface area contributed by atoms with Crippen LogP contribution in [0.3, 0.4) is 0 Å². The number of methoxy groups -OCH3 is 2. The van der Waals surface area contributed by atoms with Gasteiger partial charge in [0.2, 0.25) is 0 Å². The van der Waals surface area contributed by atoms with Gasteiger partial charge in [-0.05, 0) is 13.3 Å². The summed E-state index contributed by atoms with van der Waals surface area (Å²) in [7, 11) is 3.20. The van der Waals surface area contributed by atoms with Gasteiger partial charge in [-0.2, -0.15) is 0 Å². The van der Waals surface area contributed by atoms with E-state index in [0.29, 0.717) is 45.9 Å². The molecule has 0 heterocycles. The van der Waals surface area contributed by atoms with Crippen LogP contribution in [0, 0.1) is 0 Å². The molecule has 0 aromatic heterocycles. The number of nitrogens with zero attached hydrogens (tertiary/aromatic N) is 1. The van der Waals surface area contributed by atoms with E-state index in [-0.39, 0.29) is 0 Å². The molecule has 0 bridgehead atoms. The highest BCUT2D eigenvalue weighted by atomic mass is 16.5. The Balaban J connectivity index is 4.36. The number of carboxylic acids is 1. The number of hydrogen-bond acceptors (Lipinski definition) is 5. The summed E-state index contributed by atoms with van der Waals surface area (Å²) in [4.78, 5) is 13.1. The van der Waals surface area contributed by atoms with Gasteiger partial charge in [-0.3, -0.25) is 9.69 Å². The van der Waals surface area contributed by atoms with Crippen LogP contribution >= 0.6 is 0 Å². The number of hydrogen-bond donors (Lipinski definition) is 1. The van der Waals surface area contributed by atoms with Gasteiger partial charge in [0.1, 0.15) is 6.04 Å². The first kappa shape index (κ1) is 17.3. The highest BCUT2D eigenvalue weighted by molar-refractivity contribution is 5.73. The van der Waals surface area contributed by atoms with Gasteiger partial charge in [0.25, 0.3) is 0 Å². The van der Waals surface area contributed by atoms with Crippen LogP contribution in [0.25, 0.3) is 0 Å². The molecule has 18 heavy (non-hydrogen) atoms. The van der Waals surface area contributed by atoms with Gasteiger partial charge in [-0.1, -0.05) is 0 Å². The lowest BCUT2D eigenvalue weighted by molar-refractivity contribution is -0.144. The summed E-state index contributed by atoms with van der Waals surface area (Å²) in [5, 5.41) is 9.26. The van der Waals surface area contributed by atoms with Crippen molar-refractivity contribution in [2.45, 2.75) is 19.4 Å². The average Bonchev–Trinajstić information content (AvgIpc) is 2.35. The zero-order chi connectivity index (χ0) is 13.8. The first-order valence-electron chi connectivity index (χ1n) is 6.19. The predicted molar refractivity (Wildman–Crippen MR) is 67.9 cm³/mol. The van der Waals surface area contributed by atoms with E-state index in [1.807, 2.05) is 11.8 Å². The molecule has 0 amide bonds. The molecule has 0 aliphatic rings. The van der Waals surface area contributed by atoms with E-state index in [4.69, 9.17) is 14.2 Å². The third kappa shape index (κ3) is 7.60. The van der Waals surface area contributed by atoms with Crippen molar-refractivity contribution in [3.05, 3.63) is 0 Å². The lowest BCUT2D eigenvalue weighted by Crippen LogP contribution is -2.45. The molecule has 1 unspecified atom stereocenters. The van der Waals surface area contributed by atoms with E-state index in [1.54, 1.807) is 14.2 Å². The van der Waals surface area contributed by atoms with Gasteiger partial charge >= 0.3 is 5.97 Å². The Morgan fingerprint density at radius 1 is 1.17 bits per heavy atom. The molecule has 0 aliphatic heterocycles. The minimum atomic E-state index is -0.832. The molecule has 108 valence electrons. The number of rotatable bonds is 12. The zero-order valence-corrected chi connectivity index (χ0v) is 11.6. The Morgan fingerprint density at radius 2 is 1.72 bits per heavy atom. The maximum atomic E-state index is 11.3. The lowest BCUT2D eigenvalue weighted by atomic mass is 10.2. The van der Waals surface area contributed by atoms with Crippen LogP contribution in [0.15, 0.2) is 0 Å². The number of aliphatic carboxylic acids is 1. The predicted octanol–water partition coefficient (Wildman–Crippen LogP) is 0.461. The standard InChI is InChI=1S/C12H25NO5/c1-4-18-8-5-11(12(14)15)13(6-9-16-2)7-10-17-3/h11H,4-10H2,1-3H3,(H,14,15). The Hall–Kier alpha value is -0.690. The van der Waals surface area contributed by atoms with Crippen molar-refractivity contribution in [2.24, 2.45) is 0 Å². The summed E-state index contributed by atoms with van der Waals surface area (Å²) in [6.07, 6.45) is 0.469. The Labute approximate surface area is 109 Å². The van der Waals surface area contributed by atoms with Crippen molar-refractivity contribution in [1.29, 1.82) is 0 Å². The Bertz CT molecular complexity index is 205. The second-order valence-electron chi connectivity index (χ2n) is 3.86. The van der Waals surface area contributed by atoms with Crippen molar-refractivity contribution in [2.75, 3.05) is 53.7 Å². The van der Waals surface area contributed by atoms with Crippen LogP contribution < -0.4 is 0 Å². The molecule has 0 radical (unpaired) electrons. The van der Waals surface area contributed by atoms with Gasteiger partial charge in [-0.15, -0.1) is 0 Å². The minimum Gasteiger partial charge on any atom is -0.480 e. The van der Waals surface area contributed by atoms with Crippen LogP contribution in [0.4, 0.5) is 0 Å². The van der Waals surface area contributed by atoms with E-state index in [1.165, 1.54) is 0 Å². The van der Waals surface area contributed by atoms with E-state index in [0.717, 1.165) is 0 Å². The van der Waals surface area contributed by atoms with Gasteiger partial charge in [0, 0.05) is 40.5 Å². The number of ether oxygens (including phenoxy) is 3. The zero-order valence-electron chi connectivity index (χ0n) is 11.6. The molecular formula is C12H25NO5. The van der Waals surface area contributed by atoms with E-state index in [9.17, 15) is 9.90 Å². The smallest absolute Gasteiger partial charge is 0.321 e. The van der Waals surface area contributed by atoms with Gasteiger partial charge in [0.15, 0.2) is 0 Å². The molecule has 6 heteroatoms. The monoisotopic (exact) mass is 263 g/mol. The first-order chi connectivity index (χ1) is 8.67. The lowest BCUT2D eigenvalue weighted by Gasteiger charge is -2.28. The first-order valence-corrected chi connectivity index (χ1v) is 6.19. The quantitative estimate of drug-likeness (QED) is 0.516. The van der Waals surface area contributed by atoms with Gasteiger partial charge in [0.05, 0.1) is 13.2 Å². The second-order valence-corrected chi connectivity index (χ2v) is 3.86. The molecule has 0 spiro atoms. The van der Waals surface area contributed by atoms with Gasteiger partial charge < -0.3 is 19.3 Å². The third-order valence-corrected chi connectivity index (χ3v) is 2.63. The van der Waals surface area contributed by atoms with Crippen LogP contribution in [-0.4, -0.2) is 75.8 Å². The maximum absolute atomic E-state index is 11.3. The van der Waals surface area contributed by atoms with Crippen molar-refractivity contribution < 1.29 is 24.1 Å². The second kappa shape index (κ2) is 11.4. The Kier molecular flexibility index (Phi) is 11.0. The molecular weight excluding hydrogens is 238 g/mol. The molecule has 1 atom stereocenters. The van der Waals surface area contributed by atoms with Crippen LogP contribution in [0.2, 0.25) is 0 Å². The number of carboxylic acid groups (broad SMARTS) is 1. The van der Waals surface area contributed by atoms with Crippen molar-refractivity contribution >= 4 is 5.97 Å². The maximum Gasteiger partial charge on any atom is 0.321 e. The summed E-state index contributed by atoms with van der Waals surface area (Å²) >= 11 is 0. The minimum absolute atomic E-state index is 0.448. The fourth-order valence-electron chi connectivity index (χ4n) is 1.64. The van der Waals surface area contributed by atoms with Crippen LogP contribution in [0.1, 0.15) is 13.3 Å². The highest BCUT2D eigenvalue weighted by Gasteiger charge is 2.24. The normalized spacial score (nSPS) is 12.9. The fraction of sp³-hybridized carbons (Fsp3) is 0.917. The molecule has 0 saturated carbocycles. The van der Waals surface area contributed by atoms with E-state index in [2.05, 4.69) is 0 Å². The average molecular weight is 263 g/mol. The molecule has 6 nitrogen and oxygen atoms in total. The van der Waals surface area contributed by atoms with Gasteiger partial charge in [-0.25, -0.2) is 0 Å². The SMILES string of the molecule is CCOCCC(C(=O)O)N(CCOC)CCOC. The summed E-state index contributed by atoms with van der Waals surface area (Å²) in [6, 6.07) is -0.554. The molecule has 0 rings (SSSR count). The molecule has 0 saturated heterocycles. The summed E-state index contributed by atoms with van der Waals surface area (Å²) in [5.41, 5.74) is 0. The largest absolute Gasteiger partial charge is 0.480 e. The summed E-state index contributed by atoms with van der Waals surface area (Å²) in [5.74, 6) is -0.832. The van der Waals surface area contributed by atoms with Crippen LogP contribution in [-0.2, 0) is 19.0 Å². The topological polar surface area (TPSA) is 68.2 Å². The summed E-state index contributed by atoms with van der Waals surface area (Å²) in [6.45, 7) is 5.09. The highest BCUT2D eigenvalue weighted by Crippen LogP contribution is 2.06. The van der Waals surface area contributed by atoms with Crippen molar-refractivity contribution in [3.8, 4) is 0 Å². The Morgan fingerprint density at radius 3 is 2.11 bits per heavy atom. The summed E-state index contributed by atoms with van der Waals surface area (Å²) < 4.78 is 15.2. The third-order valence-electron chi connectivity index (χ3n) is 2.63. The van der Waals surface area contributed by atoms with Crippen molar-refractivity contribution in [1.82, 2.24) is 4.90 Å².